The van der Waals surface area contributed by atoms with Crippen LogP contribution in [0.1, 0.15) is 31.7 Å². The monoisotopic (exact) mass is 327 g/mol. The van der Waals surface area contributed by atoms with Gasteiger partial charge in [-0.25, -0.2) is 4.39 Å². The van der Waals surface area contributed by atoms with Crippen molar-refractivity contribution in [2.24, 2.45) is 0 Å². The van der Waals surface area contributed by atoms with Crippen molar-refractivity contribution in [2.45, 2.75) is 26.3 Å². The Bertz CT molecular complexity index is 802. The molecule has 0 aliphatic carbocycles. The zero-order chi connectivity index (χ0) is 16.9. The van der Waals surface area contributed by atoms with Crippen molar-refractivity contribution in [3.8, 4) is 11.5 Å². The molecule has 1 atom stereocenters. The van der Waals surface area contributed by atoms with Crippen LogP contribution in [0.25, 0.3) is 0 Å². The van der Waals surface area contributed by atoms with E-state index in [0.717, 1.165) is 5.69 Å². The molecule has 0 spiro atoms. The highest BCUT2D eigenvalue weighted by Gasteiger charge is 2.13. The van der Waals surface area contributed by atoms with Crippen LogP contribution < -0.4 is 10.1 Å². The zero-order valence-corrected chi connectivity index (χ0v) is 13.5. The Morgan fingerprint density at radius 2 is 1.92 bits per heavy atom. The third kappa shape index (κ3) is 3.90. The van der Waals surface area contributed by atoms with Crippen LogP contribution >= 0.6 is 0 Å². The molecule has 1 N–H and O–H groups in total. The van der Waals surface area contributed by atoms with Crippen molar-refractivity contribution in [2.75, 3.05) is 5.32 Å². The van der Waals surface area contributed by atoms with E-state index < -0.39 is 0 Å². The Labute approximate surface area is 139 Å². The maximum absolute atomic E-state index is 13.2. The van der Waals surface area contributed by atoms with Gasteiger partial charge in [-0.2, -0.15) is 0 Å². The summed E-state index contributed by atoms with van der Waals surface area (Å²) in [5.41, 5.74) is 0.894. The first-order chi connectivity index (χ1) is 11.6. The second-order valence-corrected chi connectivity index (χ2v) is 5.34. The van der Waals surface area contributed by atoms with Gasteiger partial charge in [0, 0.05) is 18.2 Å². The van der Waals surface area contributed by atoms with Gasteiger partial charge in [-0.3, -0.25) is 0 Å². The molecule has 3 rings (SSSR count). The van der Waals surface area contributed by atoms with Gasteiger partial charge in [0.2, 0.25) is 11.8 Å². The summed E-state index contributed by atoms with van der Waals surface area (Å²) in [5, 5.41) is 11.3. The number of anilines is 1. The molecule has 5 nitrogen and oxygen atoms in total. The van der Waals surface area contributed by atoms with Crippen molar-refractivity contribution in [1.82, 2.24) is 10.2 Å². The van der Waals surface area contributed by atoms with Crippen molar-refractivity contribution in [3.63, 3.8) is 0 Å². The highest BCUT2D eigenvalue weighted by molar-refractivity contribution is 5.48. The minimum Gasteiger partial charge on any atom is -0.457 e. The van der Waals surface area contributed by atoms with Gasteiger partial charge < -0.3 is 14.5 Å². The molecule has 6 heteroatoms. The number of nitrogens with one attached hydrogen (secondary N) is 1. The molecule has 0 unspecified atom stereocenters. The second kappa shape index (κ2) is 7.12. The summed E-state index contributed by atoms with van der Waals surface area (Å²) >= 11 is 0. The largest absolute Gasteiger partial charge is 0.457 e. The lowest BCUT2D eigenvalue weighted by Crippen LogP contribution is -2.06. The van der Waals surface area contributed by atoms with Crippen molar-refractivity contribution in [1.29, 1.82) is 0 Å². The van der Waals surface area contributed by atoms with E-state index in [1.54, 1.807) is 12.1 Å². The molecule has 1 heterocycles. The Balaban J connectivity index is 1.63. The minimum absolute atomic E-state index is 0.104. The molecule has 124 valence electrons. The van der Waals surface area contributed by atoms with E-state index in [4.69, 9.17) is 9.15 Å². The van der Waals surface area contributed by atoms with E-state index in [1.807, 2.05) is 38.1 Å². The molecule has 0 amide bonds. The number of nitrogens with zero attached hydrogens (tertiary/aromatic N) is 2. The quantitative estimate of drug-likeness (QED) is 0.709. The third-order valence-electron chi connectivity index (χ3n) is 3.42. The average molecular weight is 327 g/mol. The predicted molar refractivity (Wildman–Crippen MR) is 88.6 cm³/mol. The van der Waals surface area contributed by atoms with Crippen LogP contribution in [0.3, 0.4) is 0 Å². The van der Waals surface area contributed by atoms with E-state index in [2.05, 4.69) is 15.5 Å². The Kier molecular flexibility index (Phi) is 4.74. The smallest absolute Gasteiger partial charge is 0.238 e. The first kappa shape index (κ1) is 16.0. The SMILES string of the molecule is CCc1nnc([C@@H](C)Nc2ccc(Oc3cccc(F)c3)cc2)o1. The molecule has 0 fully saturated rings. The van der Waals surface area contributed by atoms with Gasteiger partial charge in [0.15, 0.2) is 0 Å². The van der Waals surface area contributed by atoms with E-state index in [1.165, 1.54) is 12.1 Å². The van der Waals surface area contributed by atoms with Crippen LogP contribution in [0.5, 0.6) is 11.5 Å². The second-order valence-electron chi connectivity index (χ2n) is 5.34. The van der Waals surface area contributed by atoms with Gasteiger partial charge in [0.05, 0.1) is 0 Å². The molecule has 0 radical (unpaired) electrons. The lowest BCUT2D eigenvalue weighted by atomic mass is 10.2. The number of hydrogen-bond donors (Lipinski definition) is 1. The topological polar surface area (TPSA) is 60.2 Å². The summed E-state index contributed by atoms with van der Waals surface area (Å²) in [6, 6.07) is 13.3. The summed E-state index contributed by atoms with van der Waals surface area (Å²) in [4.78, 5) is 0. The van der Waals surface area contributed by atoms with Gasteiger partial charge in [-0.1, -0.05) is 13.0 Å². The molecule has 0 saturated carbocycles. The lowest BCUT2D eigenvalue weighted by Gasteiger charge is -2.12. The van der Waals surface area contributed by atoms with Gasteiger partial charge in [-0.15, -0.1) is 10.2 Å². The van der Waals surface area contributed by atoms with E-state index in [9.17, 15) is 4.39 Å². The summed E-state index contributed by atoms with van der Waals surface area (Å²) in [6.45, 7) is 3.91. The highest BCUT2D eigenvalue weighted by Crippen LogP contribution is 2.25. The first-order valence-electron chi connectivity index (χ1n) is 7.76. The van der Waals surface area contributed by atoms with Gasteiger partial charge in [-0.05, 0) is 43.3 Å². The average Bonchev–Trinajstić information content (AvgIpc) is 3.06. The lowest BCUT2D eigenvalue weighted by molar-refractivity contribution is 0.439. The van der Waals surface area contributed by atoms with Gasteiger partial charge in [0.25, 0.3) is 0 Å². The summed E-state index contributed by atoms with van der Waals surface area (Å²) in [5.74, 6) is 1.93. The van der Waals surface area contributed by atoms with E-state index in [-0.39, 0.29) is 11.9 Å². The molecule has 0 saturated heterocycles. The Morgan fingerprint density at radius 3 is 2.58 bits per heavy atom. The minimum atomic E-state index is -0.328. The molecule has 0 aliphatic heterocycles. The van der Waals surface area contributed by atoms with Crippen LogP contribution in [0.15, 0.2) is 52.9 Å². The normalized spacial score (nSPS) is 12.0. The number of halogens is 1. The molecule has 3 aromatic rings. The maximum Gasteiger partial charge on any atom is 0.238 e. The summed E-state index contributed by atoms with van der Waals surface area (Å²) < 4.78 is 24.3. The predicted octanol–water partition coefficient (Wildman–Crippen LogP) is 4.74. The van der Waals surface area contributed by atoms with Crippen molar-refractivity contribution in [3.05, 3.63) is 66.1 Å². The summed E-state index contributed by atoms with van der Waals surface area (Å²) in [7, 11) is 0. The van der Waals surface area contributed by atoms with Crippen LogP contribution in [0.2, 0.25) is 0 Å². The Hall–Kier alpha value is -2.89. The first-order valence-corrected chi connectivity index (χ1v) is 7.76. The summed E-state index contributed by atoms with van der Waals surface area (Å²) in [6.07, 6.45) is 0.714. The number of aryl methyl sites for hydroxylation is 1. The maximum atomic E-state index is 13.2. The highest BCUT2D eigenvalue weighted by atomic mass is 19.1. The van der Waals surface area contributed by atoms with Crippen LogP contribution in [0.4, 0.5) is 10.1 Å². The van der Waals surface area contributed by atoms with E-state index >= 15 is 0 Å². The van der Waals surface area contributed by atoms with Gasteiger partial charge >= 0.3 is 0 Å². The van der Waals surface area contributed by atoms with Crippen molar-refractivity contribution < 1.29 is 13.5 Å². The van der Waals surface area contributed by atoms with Crippen LogP contribution in [-0.2, 0) is 6.42 Å². The third-order valence-corrected chi connectivity index (χ3v) is 3.42. The van der Waals surface area contributed by atoms with Gasteiger partial charge in [0.1, 0.15) is 23.4 Å². The fourth-order valence-electron chi connectivity index (χ4n) is 2.18. The van der Waals surface area contributed by atoms with Crippen LogP contribution in [-0.4, -0.2) is 10.2 Å². The molecule has 1 aromatic heterocycles. The zero-order valence-electron chi connectivity index (χ0n) is 13.5. The number of ether oxygens (including phenoxy) is 1. The fraction of sp³-hybridized carbons (Fsp3) is 0.222. The molecule has 24 heavy (non-hydrogen) atoms. The van der Waals surface area contributed by atoms with E-state index in [0.29, 0.717) is 29.7 Å². The number of hydrogen-bond acceptors (Lipinski definition) is 5. The number of benzene rings is 2. The molecule has 0 bridgehead atoms. The Morgan fingerprint density at radius 1 is 1.12 bits per heavy atom. The molecule has 2 aromatic carbocycles. The molecule has 0 aliphatic rings. The molecular weight excluding hydrogens is 309 g/mol. The van der Waals surface area contributed by atoms with Crippen LogP contribution in [0, 0.1) is 5.82 Å². The molecular formula is C18H18FN3O2. The fourth-order valence-corrected chi connectivity index (χ4v) is 2.18. The number of rotatable bonds is 6. The van der Waals surface area contributed by atoms with Crippen molar-refractivity contribution >= 4 is 5.69 Å². The standard InChI is InChI=1S/C18H18FN3O2/c1-3-17-21-22-18(24-17)12(2)20-14-7-9-15(10-8-14)23-16-6-4-5-13(19)11-16/h4-12,20H,3H2,1-2H3/t12-/m1/s1. The number of aromatic nitrogens is 2.